The van der Waals surface area contributed by atoms with Crippen molar-refractivity contribution in [3.63, 3.8) is 0 Å². The third-order valence-corrected chi connectivity index (χ3v) is 5.72. The Kier molecular flexibility index (Phi) is 4.17. The van der Waals surface area contributed by atoms with Gasteiger partial charge in [-0.05, 0) is 72.2 Å². The molecular formula is C20H17Cl2N3O2. The van der Waals surface area contributed by atoms with E-state index in [4.69, 9.17) is 34.3 Å². The average Bonchev–Trinajstić information content (AvgIpc) is 3.45. The minimum Gasteiger partial charge on any atom is -0.478 e. The minimum absolute atomic E-state index is 0.0140. The number of aromatic nitrogens is 1. The molecule has 0 spiro atoms. The van der Waals surface area contributed by atoms with Crippen LogP contribution in [0.2, 0.25) is 10.0 Å². The topological polar surface area (TPSA) is 91.6 Å². The highest BCUT2D eigenvalue weighted by atomic mass is 35.5. The van der Waals surface area contributed by atoms with E-state index in [1.165, 1.54) is 0 Å². The highest BCUT2D eigenvalue weighted by molar-refractivity contribution is 6.39. The molecule has 0 amide bonds. The van der Waals surface area contributed by atoms with E-state index in [0.717, 1.165) is 40.6 Å². The number of nitrogen functional groups attached to an aromatic ring is 1. The monoisotopic (exact) mass is 401 g/mol. The molecule has 4 rings (SSSR count). The van der Waals surface area contributed by atoms with E-state index in [1.807, 2.05) is 13.0 Å². The van der Waals surface area contributed by atoms with Gasteiger partial charge in [-0.3, -0.25) is 5.41 Å². The first-order valence-corrected chi connectivity index (χ1v) is 9.26. The van der Waals surface area contributed by atoms with Crippen molar-refractivity contribution in [2.24, 2.45) is 0 Å². The van der Waals surface area contributed by atoms with E-state index in [1.54, 1.807) is 28.8 Å². The number of carbonyl (C=O) groups is 1. The number of hydrogen-bond donors (Lipinski definition) is 3. The predicted molar refractivity (Wildman–Crippen MR) is 107 cm³/mol. The highest BCUT2D eigenvalue weighted by Crippen LogP contribution is 2.44. The zero-order valence-electron chi connectivity index (χ0n) is 14.5. The molecule has 1 aromatic carbocycles. The fourth-order valence-electron chi connectivity index (χ4n) is 3.54. The van der Waals surface area contributed by atoms with Crippen LogP contribution in [0.5, 0.6) is 0 Å². The van der Waals surface area contributed by atoms with Gasteiger partial charge in [-0.1, -0.05) is 23.2 Å². The van der Waals surface area contributed by atoms with Gasteiger partial charge in [0.25, 0.3) is 0 Å². The molecule has 3 aromatic rings. The van der Waals surface area contributed by atoms with Gasteiger partial charge < -0.3 is 15.2 Å². The summed E-state index contributed by atoms with van der Waals surface area (Å²) in [6.07, 6.45) is 3.78. The summed E-state index contributed by atoms with van der Waals surface area (Å²) in [6.45, 7) is 1.97. The third kappa shape index (κ3) is 2.87. The number of pyridine rings is 2. The molecule has 0 unspecified atom stereocenters. The maximum Gasteiger partial charge on any atom is 0.339 e. The van der Waals surface area contributed by atoms with Crippen molar-refractivity contribution in [1.29, 1.82) is 5.41 Å². The summed E-state index contributed by atoms with van der Waals surface area (Å²) in [4.78, 5) is 11.6. The Morgan fingerprint density at radius 1 is 1.26 bits per heavy atom. The molecule has 0 atom stereocenters. The maximum atomic E-state index is 11.6. The Hall–Kier alpha value is -2.50. The van der Waals surface area contributed by atoms with Crippen LogP contribution in [0.4, 0.5) is 5.69 Å². The van der Waals surface area contributed by atoms with Gasteiger partial charge in [0, 0.05) is 6.20 Å². The van der Waals surface area contributed by atoms with Crippen molar-refractivity contribution in [1.82, 2.24) is 4.40 Å². The number of nitrogens with zero attached hydrogens (tertiary/aromatic N) is 1. The number of anilines is 1. The summed E-state index contributed by atoms with van der Waals surface area (Å²) in [5.41, 5.74) is 10.7. The second-order valence-electron chi connectivity index (χ2n) is 6.87. The molecule has 1 aliphatic carbocycles. The number of carboxylic acids is 1. The lowest BCUT2D eigenvalue weighted by molar-refractivity contribution is 0.0694. The minimum atomic E-state index is -1.09. The Bertz CT molecular complexity index is 1160. The second-order valence-corrected chi connectivity index (χ2v) is 7.68. The molecule has 2 heterocycles. The maximum absolute atomic E-state index is 11.6. The van der Waals surface area contributed by atoms with E-state index >= 15 is 0 Å². The van der Waals surface area contributed by atoms with Crippen LogP contribution in [0.3, 0.4) is 0 Å². The predicted octanol–water partition coefficient (Wildman–Crippen LogP) is 4.86. The number of carboxylic acid groups (broad SMARTS) is 1. The molecule has 0 bridgehead atoms. The molecule has 7 heteroatoms. The first-order valence-electron chi connectivity index (χ1n) is 8.51. The standard InChI is InChI=1S/C20H17Cl2N3O2/c1-9-12(11-6-15(21)17(23)16(22)7-11)4-5-25-18(9)13(10-2-3-10)8-14(19(25)24)20(26)27/h4-8,10,24H,2-3,23H2,1H3,(H,26,27). The number of hydrogen-bond acceptors (Lipinski definition) is 3. The zero-order chi connectivity index (χ0) is 19.5. The third-order valence-electron chi connectivity index (χ3n) is 5.10. The summed E-state index contributed by atoms with van der Waals surface area (Å²) in [5.74, 6) is -0.763. The molecule has 2 aromatic heterocycles. The van der Waals surface area contributed by atoms with Crippen LogP contribution in [0, 0.1) is 12.3 Å². The fourth-order valence-corrected chi connectivity index (χ4v) is 4.03. The van der Waals surface area contributed by atoms with Crippen LogP contribution in [0.25, 0.3) is 16.6 Å². The number of aromatic carboxylic acids is 1. The molecule has 0 radical (unpaired) electrons. The first-order chi connectivity index (χ1) is 12.8. The van der Waals surface area contributed by atoms with Crippen LogP contribution < -0.4 is 11.2 Å². The molecule has 138 valence electrons. The molecular weight excluding hydrogens is 385 g/mol. The molecule has 0 aliphatic heterocycles. The van der Waals surface area contributed by atoms with Crippen molar-refractivity contribution in [2.45, 2.75) is 25.7 Å². The molecule has 4 N–H and O–H groups in total. The van der Waals surface area contributed by atoms with E-state index in [9.17, 15) is 9.90 Å². The van der Waals surface area contributed by atoms with Crippen LogP contribution in [0.15, 0.2) is 30.5 Å². The Morgan fingerprint density at radius 2 is 1.89 bits per heavy atom. The number of halogens is 2. The highest BCUT2D eigenvalue weighted by Gasteiger charge is 2.28. The SMILES string of the molecule is Cc1c(-c2cc(Cl)c(N)c(Cl)c2)ccn2c(=N)c(C(=O)O)cc(C3CC3)c12. The van der Waals surface area contributed by atoms with Gasteiger partial charge in [-0.2, -0.15) is 0 Å². The zero-order valence-corrected chi connectivity index (χ0v) is 16.0. The summed E-state index contributed by atoms with van der Waals surface area (Å²) < 4.78 is 1.65. The van der Waals surface area contributed by atoms with E-state index in [-0.39, 0.29) is 11.1 Å². The van der Waals surface area contributed by atoms with E-state index in [2.05, 4.69) is 0 Å². The Labute approximate surface area is 165 Å². The van der Waals surface area contributed by atoms with Crippen molar-refractivity contribution in [2.75, 3.05) is 5.73 Å². The van der Waals surface area contributed by atoms with Gasteiger partial charge in [0.2, 0.25) is 0 Å². The molecule has 1 fully saturated rings. The van der Waals surface area contributed by atoms with Crippen LogP contribution in [0.1, 0.15) is 40.2 Å². The van der Waals surface area contributed by atoms with Crippen LogP contribution >= 0.6 is 23.2 Å². The smallest absolute Gasteiger partial charge is 0.339 e. The van der Waals surface area contributed by atoms with Gasteiger partial charge in [-0.25, -0.2) is 4.79 Å². The van der Waals surface area contributed by atoms with Crippen molar-refractivity contribution in [3.05, 3.63) is 62.7 Å². The second kappa shape index (κ2) is 6.29. The van der Waals surface area contributed by atoms with Crippen molar-refractivity contribution in [3.8, 4) is 11.1 Å². The van der Waals surface area contributed by atoms with Gasteiger partial charge in [0.1, 0.15) is 11.1 Å². The van der Waals surface area contributed by atoms with Crippen LogP contribution in [-0.2, 0) is 0 Å². The molecule has 1 saturated carbocycles. The summed E-state index contributed by atoms with van der Waals surface area (Å²) in [7, 11) is 0. The number of fused-ring (bicyclic) bond motifs is 1. The quantitative estimate of drug-likeness (QED) is 0.547. The fraction of sp³-hybridized carbons (Fsp3) is 0.200. The van der Waals surface area contributed by atoms with Crippen LogP contribution in [-0.4, -0.2) is 15.5 Å². The lowest BCUT2D eigenvalue weighted by atomic mass is 9.96. The number of nitrogens with one attached hydrogen (secondary N) is 1. The molecule has 1 aliphatic rings. The lowest BCUT2D eigenvalue weighted by Gasteiger charge is -2.17. The van der Waals surface area contributed by atoms with Gasteiger partial charge in [-0.15, -0.1) is 0 Å². The number of benzene rings is 1. The van der Waals surface area contributed by atoms with E-state index in [0.29, 0.717) is 21.7 Å². The summed E-state index contributed by atoms with van der Waals surface area (Å²) in [6, 6.07) is 7.04. The van der Waals surface area contributed by atoms with Gasteiger partial charge >= 0.3 is 5.97 Å². The van der Waals surface area contributed by atoms with Gasteiger partial charge in [0.05, 0.1) is 21.2 Å². The van der Waals surface area contributed by atoms with E-state index < -0.39 is 5.97 Å². The Balaban J connectivity index is 2.05. The Morgan fingerprint density at radius 3 is 2.44 bits per heavy atom. The van der Waals surface area contributed by atoms with Gasteiger partial charge in [0.15, 0.2) is 0 Å². The van der Waals surface area contributed by atoms with Crippen molar-refractivity contribution >= 4 is 40.4 Å². The molecule has 27 heavy (non-hydrogen) atoms. The number of nitrogens with two attached hydrogens (primary N) is 1. The molecule has 5 nitrogen and oxygen atoms in total. The largest absolute Gasteiger partial charge is 0.478 e. The number of rotatable bonds is 3. The first kappa shape index (κ1) is 17.9. The average molecular weight is 402 g/mol. The summed E-state index contributed by atoms with van der Waals surface area (Å²) >= 11 is 12.4. The normalized spacial score (nSPS) is 13.9. The number of aryl methyl sites for hydroxylation is 1. The lowest BCUT2D eigenvalue weighted by Crippen LogP contribution is -2.23. The van der Waals surface area contributed by atoms with Crippen molar-refractivity contribution < 1.29 is 9.90 Å². The molecule has 0 saturated heterocycles. The summed E-state index contributed by atoms with van der Waals surface area (Å²) in [5, 5.41) is 18.6.